The minimum atomic E-state index is -0.114. The third-order valence-electron chi connectivity index (χ3n) is 4.20. The van der Waals surface area contributed by atoms with Crippen molar-refractivity contribution in [3.63, 3.8) is 0 Å². The molecular formula is C18H22N4O3. The second-order valence-corrected chi connectivity index (χ2v) is 6.08. The fourth-order valence-electron chi connectivity index (χ4n) is 2.80. The first-order chi connectivity index (χ1) is 12.2. The Balaban J connectivity index is 1.50. The van der Waals surface area contributed by atoms with Gasteiger partial charge in [-0.25, -0.2) is 9.97 Å². The summed E-state index contributed by atoms with van der Waals surface area (Å²) in [7, 11) is 0. The summed E-state index contributed by atoms with van der Waals surface area (Å²) in [6.45, 7) is 2.17. The number of nitrogens with zero attached hydrogens (tertiary/aromatic N) is 3. The number of aromatic nitrogens is 3. The molecule has 1 amide bonds. The molecular weight excluding hydrogens is 320 g/mol. The van der Waals surface area contributed by atoms with Crippen LogP contribution in [0.4, 0.5) is 0 Å². The van der Waals surface area contributed by atoms with E-state index in [2.05, 4.69) is 15.3 Å². The molecule has 7 heteroatoms. The number of hydrogen-bond acceptors (Lipinski definition) is 5. The maximum absolute atomic E-state index is 12.0. The van der Waals surface area contributed by atoms with Gasteiger partial charge in [-0.2, -0.15) is 0 Å². The number of carbonyl (C=O) groups is 1. The Morgan fingerprint density at radius 3 is 3.08 bits per heavy atom. The maximum Gasteiger partial charge on any atom is 0.250 e. The van der Waals surface area contributed by atoms with E-state index in [1.807, 2.05) is 0 Å². The Hall–Kier alpha value is -2.54. The van der Waals surface area contributed by atoms with Crippen LogP contribution >= 0.6 is 0 Å². The second-order valence-electron chi connectivity index (χ2n) is 6.08. The zero-order chi connectivity index (χ0) is 17.5. The van der Waals surface area contributed by atoms with Crippen molar-refractivity contribution >= 4 is 5.91 Å². The molecule has 0 radical (unpaired) electrons. The molecule has 3 rings (SSSR count). The summed E-state index contributed by atoms with van der Waals surface area (Å²) in [6, 6.07) is 6.74. The zero-order valence-electron chi connectivity index (χ0n) is 14.1. The number of aryl methyl sites for hydroxylation is 1. The molecule has 1 saturated heterocycles. The van der Waals surface area contributed by atoms with Crippen molar-refractivity contribution in [3.8, 4) is 0 Å². The highest BCUT2D eigenvalue weighted by Gasteiger charge is 2.18. The van der Waals surface area contributed by atoms with Crippen molar-refractivity contribution in [2.45, 2.75) is 38.3 Å². The lowest BCUT2D eigenvalue weighted by Gasteiger charge is -2.20. The van der Waals surface area contributed by atoms with E-state index in [0.717, 1.165) is 31.0 Å². The minimum Gasteiger partial charge on any atom is -0.381 e. The molecule has 7 nitrogen and oxygen atoms in total. The van der Waals surface area contributed by atoms with Gasteiger partial charge in [-0.1, -0.05) is 6.07 Å². The summed E-state index contributed by atoms with van der Waals surface area (Å²) in [4.78, 5) is 32.5. The molecule has 1 fully saturated rings. The molecule has 3 heterocycles. The van der Waals surface area contributed by atoms with Crippen LogP contribution in [0.25, 0.3) is 0 Å². The van der Waals surface area contributed by atoms with Crippen LogP contribution in [0.3, 0.4) is 0 Å². The summed E-state index contributed by atoms with van der Waals surface area (Å²) in [5.41, 5.74) is 0.672. The van der Waals surface area contributed by atoms with Crippen LogP contribution in [0.1, 0.15) is 36.7 Å². The van der Waals surface area contributed by atoms with E-state index < -0.39 is 0 Å². The van der Waals surface area contributed by atoms with Crippen LogP contribution in [0.2, 0.25) is 0 Å². The molecule has 25 heavy (non-hydrogen) atoms. The Morgan fingerprint density at radius 2 is 2.28 bits per heavy atom. The average molecular weight is 342 g/mol. The number of nitrogens with one attached hydrogen (secondary N) is 1. The topological polar surface area (TPSA) is 86.1 Å². The highest BCUT2D eigenvalue weighted by atomic mass is 16.5. The fourth-order valence-corrected chi connectivity index (χ4v) is 2.80. The SMILES string of the molecule is O=C(CCn1ccccc1=O)NCc1ccnc([C@H]2CCCOC2)n1. The van der Waals surface area contributed by atoms with E-state index >= 15 is 0 Å². The van der Waals surface area contributed by atoms with Crippen molar-refractivity contribution in [1.82, 2.24) is 19.9 Å². The van der Waals surface area contributed by atoms with Crippen LogP contribution in [0.5, 0.6) is 0 Å². The minimum absolute atomic E-state index is 0.106. The number of ether oxygens (including phenoxy) is 1. The van der Waals surface area contributed by atoms with E-state index in [1.165, 1.54) is 10.6 Å². The molecule has 0 spiro atoms. The normalized spacial score (nSPS) is 17.2. The molecule has 1 aliphatic heterocycles. The highest BCUT2D eigenvalue weighted by molar-refractivity contribution is 5.75. The lowest BCUT2D eigenvalue weighted by Crippen LogP contribution is -2.27. The van der Waals surface area contributed by atoms with Gasteiger partial charge in [0.1, 0.15) is 5.82 Å². The second kappa shape index (κ2) is 8.53. The quantitative estimate of drug-likeness (QED) is 0.853. The van der Waals surface area contributed by atoms with Gasteiger partial charge >= 0.3 is 0 Å². The van der Waals surface area contributed by atoms with Gasteiger partial charge in [-0.05, 0) is 25.0 Å². The lowest BCUT2D eigenvalue weighted by atomic mass is 10.0. The van der Waals surface area contributed by atoms with Gasteiger partial charge in [-0.15, -0.1) is 0 Å². The van der Waals surface area contributed by atoms with Crippen molar-refractivity contribution in [2.75, 3.05) is 13.2 Å². The summed E-state index contributed by atoms with van der Waals surface area (Å²) < 4.78 is 7.00. The number of rotatable bonds is 6. The van der Waals surface area contributed by atoms with Crippen LogP contribution in [0.15, 0.2) is 41.5 Å². The molecule has 1 N–H and O–H groups in total. The first-order valence-corrected chi connectivity index (χ1v) is 8.54. The predicted octanol–water partition coefficient (Wildman–Crippen LogP) is 1.24. The van der Waals surface area contributed by atoms with E-state index in [1.54, 1.807) is 30.6 Å². The Labute approximate surface area is 146 Å². The van der Waals surface area contributed by atoms with Crippen LogP contribution in [0, 0.1) is 0 Å². The third-order valence-corrected chi connectivity index (χ3v) is 4.20. The number of hydrogen-bond donors (Lipinski definition) is 1. The van der Waals surface area contributed by atoms with E-state index in [0.29, 0.717) is 19.7 Å². The van der Waals surface area contributed by atoms with E-state index in [-0.39, 0.29) is 23.8 Å². The summed E-state index contributed by atoms with van der Waals surface area (Å²) in [5.74, 6) is 0.897. The molecule has 0 saturated carbocycles. The highest BCUT2D eigenvalue weighted by Crippen LogP contribution is 2.22. The predicted molar refractivity (Wildman–Crippen MR) is 92.0 cm³/mol. The molecule has 0 aromatic carbocycles. The lowest BCUT2D eigenvalue weighted by molar-refractivity contribution is -0.121. The average Bonchev–Trinajstić information content (AvgIpc) is 2.67. The standard InChI is InChI=1S/C18H22N4O3/c23-16(7-10-22-9-2-1-5-17(22)24)20-12-15-6-8-19-18(21-15)14-4-3-11-25-13-14/h1-2,5-6,8-9,14H,3-4,7,10-13H2,(H,20,23)/t14-/m0/s1. The van der Waals surface area contributed by atoms with Gasteiger partial charge < -0.3 is 14.6 Å². The summed E-state index contributed by atoms with van der Waals surface area (Å²) in [6.07, 6.45) is 5.70. The summed E-state index contributed by atoms with van der Waals surface area (Å²) >= 11 is 0. The van der Waals surface area contributed by atoms with Gasteiger partial charge in [0.15, 0.2) is 0 Å². The Kier molecular flexibility index (Phi) is 5.90. The molecule has 0 unspecified atom stereocenters. The van der Waals surface area contributed by atoms with Crippen molar-refractivity contribution < 1.29 is 9.53 Å². The summed E-state index contributed by atoms with van der Waals surface area (Å²) in [5, 5.41) is 2.84. The Bertz CT molecular complexity index is 769. The molecule has 132 valence electrons. The van der Waals surface area contributed by atoms with Gasteiger partial charge in [0, 0.05) is 44.0 Å². The van der Waals surface area contributed by atoms with Crippen molar-refractivity contribution in [1.29, 1.82) is 0 Å². The van der Waals surface area contributed by atoms with Gasteiger partial charge in [0.2, 0.25) is 5.91 Å². The Morgan fingerprint density at radius 1 is 1.36 bits per heavy atom. The molecule has 2 aromatic rings. The molecule has 1 atom stereocenters. The fraction of sp³-hybridized carbons (Fsp3) is 0.444. The van der Waals surface area contributed by atoms with Crippen LogP contribution in [-0.4, -0.2) is 33.7 Å². The third kappa shape index (κ3) is 4.96. The largest absolute Gasteiger partial charge is 0.381 e. The maximum atomic E-state index is 12.0. The van der Waals surface area contributed by atoms with Crippen LogP contribution in [-0.2, 0) is 22.6 Å². The van der Waals surface area contributed by atoms with Crippen molar-refractivity contribution in [2.24, 2.45) is 0 Å². The zero-order valence-corrected chi connectivity index (χ0v) is 14.1. The molecule has 0 aliphatic carbocycles. The van der Waals surface area contributed by atoms with E-state index in [9.17, 15) is 9.59 Å². The van der Waals surface area contributed by atoms with Crippen LogP contribution < -0.4 is 10.9 Å². The van der Waals surface area contributed by atoms with Gasteiger partial charge in [0.05, 0.1) is 18.8 Å². The monoisotopic (exact) mass is 342 g/mol. The molecule has 2 aromatic heterocycles. The van der Waals surface area contributed by atoms with Gasteiger partial charge in [0.25, 0.3) is 5.56 Å². The number of carbonyl (C=O) groups excluding carboxylic acids is 1. The van der Waals surface area contributed by atoms with Crippen molar-refractivity contribution in [3.05, 3.63) is 58.5 Å². The first kappa shape index (κ1) is 17.3. The molecule has 1 aliphatic rings. The smallest absolute Gasteiger partial charge is 0.250 e. The van der Waals surface area contributed by atoms with E-state index in [4.69, 9.17) is 4.74 Å². The first-order valence-electron chi connectivity index (χ1n) is 8.54. The molecule has 0 bridgehead atoms. The van der Waals surface area contributed by atoms with Gasteiger partial charge in [-0.3, -0.25) is 9.59 Å². The number of amides is 1. The number of pyridine rings is 1.